The minimum Gasteiger partial charge on any atom is -0.508 e. The summed E-state index contributed by atoms with van der Waals surface area (Å²) in [6.07, 6.45) is 4.90. The first kappa shape index (κ1) is 12.8. The molecule has 0 saturated heterocycles. The molecule has 4 atom stereocenters. The third kappa shape index (κ3) is 2.00. The molecule has 2 saturated carbocycles. The molecule has 0 spiro atoms. The summed E-state index contributed by atoms with van der Waals surface area (Å²) in [6, 6.07) is 4.91. The summed E-state index contributed by atoms with van der Waals surface area (Å²) in [5.41, 5.74) is 1.02. The van der Waals surface area contributed by atoms with Crippen LogP contribution in [-0.2, 0) is 0 Å². The highest BCUT2D eigenvalue weighted by Gasteiger charge is 2.49. The van der Waals surface area contributed by atoms with Crippen molar-refractivity contribution in [3.63, 3.8) is 0 Å². The Morgan fingerprint density at radius 1 is 1.16 bits per heavy atom. The Hall–Kier alpha value is -1.22. The number of aromatic hydroxyl groups is 2. The number of aliphatic hydroxyl groups is 1. The molecule has 2 aliphatic carbocycles. The Morgan fingerprint density at radius 3 is 2.68 bits per heavy atom. The van der Waals surface area contributed by atoms with Gasteiger partial charge in [0, 0.05) is 6.07 Å². The Morgan fingerprint density at radius 2 is 1.95 bits per heavy atom. The zero-order chi connectivity index (χ0) is 13.6. The van der Waals surface area contributed by atoms with Crippen LogP contribution >= 0.6 is 0 Å². The van der Waals surface area contributed by atoms with Gasteiger partial charge in [-0.2, -0.15) is 0 Å². The number of hydrogen-bond donors (Lipinski definition) is 3. The van der Waals surface area contributed by atoms with Crippen molar-refractivity contribution in [2.45, 2.75) is 51.0 Å². The monoisotopic (exact) mass is 262 g/mol. The maximum absolute atomic E-state index is 10.1. The van der Waals surface area contributed by atoms with Crippen LogP contribution in [0.15, 0.2) is 18.2 Å². The van der Waals surface area contributed by atoms with Gasteiger partial charge in [0.15, 0.2) is 0 Å². The Kier molecular flexibility index (Phi) is 2.97. The molecule has 0 heterocycles. The first-order chi connectivity index (χ1) is 9.00. The molecule has 0 radical (unpaired) electrons. The van der Waals surface area contributed by atoms with Crippen molar-refractivity contribution in [2.24, 2.45) is 11.3 Å². The highest BCUT2D eigenvalue weighted by molar-refractivity contribution is 5.41. The van der Waals surface area contributed by atoms with Gasteiger partial charge in [-0.25, -0.2) is 0 Å². The number of hydrogen-bond acceptors (Lipinski definition) is 3. The van der Waals surface area contributed by atoms with E-state index < -0.39 is 0 Å². The van der Waals surface area contributed by atoms with E-state index in [1.54, 1.807) is 6.07 Å². The second kappa shape index (κ2) is 4.41. The normalized spacial score (nSPS) is 38.1. The van der Waals surface area contributed by atoms with Gasteiger partial charge in [-0.15, -0.1) is 0 Å². The molecule has 0 aromatic heterocycles. The fourth-order valence-corrected chi connectivity index (χ4v) is 4.15. The number of benzene rings is 1. The molecule has 0 amide bonds. The zero-order valence-electron chi connectivity index (χ0n) is 11.3. The molecule has 0 unspecified atom stereocenters. The Labute approximate surface area is 113 Å². The summed E-state index contributed by atoms with van der Waals surface area (Å²) < 4.78 is 0. The van der Waals surface area contributed by atoms with Gasteiger partial charge in [0.2, 0.25) is 0 Å². The van der Waals surface area contributed by atoms with E-state index in [2.05, 4.69) is 6.92 Å². The molecule has 0 bridgehead atoms. The third-order valence-electron chi connectivity index (χ3n) is 5.54. The average molecular weight is 262 g/mol. The second-order valence-electron chi connectivity index (χ2n) is 6.51. The van der Waals surface area contributed by atoms with Gasteiger partial charge < -0.3 is 15.3 Å². The predicted molar refractivity (Wildman–Crippen MR) is 73.2 cm³/mol. The summed E-state index contributed by atoms with van der Waals surface area (Å²) in [7, 11) is 0. The van der Waals surface area contributed by atoms with Gasteiger partial charge in [-0.05, 0) is 61.0 Å². The van der Waals surface area contributed by atoms with E-state index in [0.717, 1.165) is 37.7 Å². The lowest BCUT2D eigenvalue weighted by molar-refractivity contribution is 0.00855. The zero-order valence-corrected chi connectivity index (χ0v) is 11.3. The molecule has 3 N–H and O–H groups in total. The number of phenols is 2. The fourth-order valence-electron chi connectivity index (χ4n) is 4.15. The van der Waals surface area contributed by atoms with Crippen LogP contribution < -0.4 is 0 Å². The minimum atomic E-state index is -0.160. The highest BCUT2D eigenvalue weighted by Crippen LogP contribution is 2.56. The molecular weight excluding hydrogens is 240 g/mol. The smallest absolute Gasteiger partial charge is 0.122 e. The third-order valence-corrected chi connectivity index (χ3v) is 5.54. The first-order valence-electron chi connectivity index (χ1n) is 7.20. The molecule has 19 heavy (non-hydrogen) atoms. The van der Waals surface area contributed by atoms with E-state index in [-0.39, 0.29) is 23.0 Å². The number of fused-ring (bicyclic) bond motifs is 1. The average Bonchev–Trinajstić information content (AvgIpc) is 2.66. The molecule has 2 aliphatic rings. The minimum absolute atomic E-state index is 0.0725. The predicted octanol–water partition coefficient (Wildman–Crippen LogP) is 3.14. The van der Waals surface area contributed by atoms with Crippen LogP contribution in [0, 0.1) is 11.3 Å². The lowest BCUT2D eigenvalue weighted by Gasteiger charge is -2.42. The van der Waals surface area contributed by atoms with Crippen molar-refractivity contribution in [1.82, 2.24) is 0 Å². The molecule has 104 valence electrons. The van der Waals surface area contributed by atoms with E-state index in [9.17, 15) is 15.3 Å². The van der Waals surface area contributed by atoms with Crippen LogP contribution in [0.3, 0.4) is 0 Å². The molecule has 1 aromatic rings. The van der Waals surface area contributed by atoms with Gasteiger partial charge in [0.25, 0.3) is 0 Å². The van der Waals surface area contributed by atoms with Gasteiger partial charge in [0.1, 0.15) is 11.5 Å². The highest BCUT2D eigenvalue weighted by atomic mass is 16.3. The fraction of sp³-hybridized carbons (Fsp3) is 0.625. The summed E-state index contributed by atoms with van der Waals surface area (Å²) in [4.78, 5) is 0. The maximum atomic E-state index is 10.1. The van der Waals surface area contributed by atoms with E-state index in [0.29, 0.717) is 11.8 Å². The topological polar surface area (TPSA) is 60.7 Å². The molecular formula is C16H22O3. The van der Waals surface area contributed by atoms with Crippen molar-refractivity contribution in [3.8, 4) is 11.5 Å². The number of aliphatic hydroxyl groups excluding tert-OH is 1. The van der Waals surface area contributed by atoms with Crippen molar-refractivity contribution < 1.29 is 15.3 Å². The number of rotatable bonds is 1. The van der Waals surface area contributed by atoms with Crippen LogP contribution in [-0.4, -0.2) is 21.4 Å². The van der Waals surface area contributed by atoms with Gasteiger partial charge in [-0.1, -0.05) is 13.0 Å². The molecule has 3 rings (SSSR count). The van der Waals surface area contributed by atoms with Crippen molar-refractivity contribution in [3.05, 3.63) is 23.8 Å². The van der Waals surface area contributed by atoms with E-state index >= 15 is 0 Å². The van der Waals surface area contributed by atoms with E-state index in [1.807, 2.05) is 6.07 Å². The van der Waals surface area contributed by atoms with Crippen molar-refractivity contribution >= 4 is 0 Å². The molecule has 1 aromatic carbocycles. The summed E-state index contributed by atoms with van der Waals surface area (Å²) in [6.45, 7) is 2.21. The maximum Gasteiger partial charge on any atom is 0.122 e. The van der Waals surface area contributed by atoms with Crippen molar-refractivity contribution in [1.29, 1.82) is 0 Å². The lowest BCUT2D eigenvalue weighted by atomic mass is 9.64. The molecule has 2 fully saturated rings. The van der Waals surface area contributed by atoms with Gasteiger partial charge in [-0.3, -0.25) is 0 Å². The van der Waals surface area contributed by atoms with Crippen LogP contribution in [0.5, 0.6) is 11.5 Å². The SMILES string of the molecule is C[C@]12CC[C@H](c3ccc(O)cc3O)C[C@H]1CC[C@@H]2O. The molecule has 0 aliphatic heterocycles. The first-order valence-corrected chi connectivity index (χ1v) is 7.20. The van der Waals surface area contributed by atoms with Crippen LogP contribution in [0.25, 0.3) is 0 Å². The molecule has 3 nitrogen and oxygen atoms in total. The van der Waals surface area contributed by atoms with Gasteiger partial charge >= 0.3 is 0 Å². The Balaban J connectivity index is 1.82. The van der Waals surface area contributed by atoms with E-state index in [4.69, 9.17) is 0 Å². The van der Waals surface area contributed by atoms with Crippen LogP contribution in [0.2, 0.25) is 0 Å². The summed E-state index contributed by atoms with van der Waals surface area (Å²) in [5.74, 6) is 1.21. The second-order valence-corrected chi connectivity index (χ2v) is 6.51. The number of phenolic OH excluding ortho intramolecular Hbond substituents is 2. The largest absolute Gasteiger partial charge is 0.508 e. The standard InChI is InChI=1S/C16H22O3/c1-16-7-6-10(8-11(16)2-5-15(16)19)13-4-3-12(17)9-14(13)18/h3-4,9-11,15,17-19H,2,5-8H2,1H3/t10-,11+,15-,16-/m0/s1. The lowest BCUT2D eigenvalue weighted by Crippen LogP contribution is -2.36. The van der Waals surface area contributed by atoms with E-state index in [1.165, 1.54) is 6.07 Å². The summed E-state index contributed by atoms with van der Waals surface area (Å²) >= 11 is 0. The van der Waals surface area contributed by atoms with Crippen molar-refractivity contribution in [2.75, 3.05) is 0 Å². The van der Waals surface area contributed by atoms with Gasteiger partial charge in [0.05, 0.1) is 6.10 Å². The summed E-state index contributed by atoms with van der Waals surface area (Å²) in [5, 5.41) is 29.5. The van der Waals surface area contributed by atoms with Crippen LogP contribution in [0.1, 0.15) is 50.5 Å². The Bertz CT molecular complexity index is 485. The van der Waals surface area contributed by atoms with Crippen LogP contribution in [0.4, 0.5) is 0 Å². The molecule has 3 heteroatoms. The quantitative estimate of drug-likeness (QED) is 0.728.